The molecule has 4 atom stereocenters. The van der Waals surface area contributed by atoms with Crippen LogP contribution in [0.3, 0.4) is 0 Å². The summed E-state index contributed by atoms with van der Waals surface area (Å²) in [5, 5.41) is 15.1. The molecule has 0 radical (unpaired) electrons. The van der Waals surface area contributed by atoms with Crippen molar-refractivity contribution >= 4 is 17.5 Å². The van der Waals surface area contributed by atoms with Gasteiger partial charge >= 0.3 is 6.09 Å². The van der Waals surface area contributed by atoms with E-state index < -0.39 is 18.3 Å². The molecule has 0 spiro atoms. The minimum absolute atomic E-state index is 0.220. The van der Waals surface area contributed by atoms with Gasteiger partial charge in [-0.2, -0.15) is 0 Å². The van der Waals surface area contributed by atoms with Crippen LogP contribution in [0.5, 0.6) is 11.5 Å². The first-order chi connectivity index (χ1) is 19.0. The normalized spacial score (nSPS) is 21.8. The van der Waals surface area contributed by atoms with E-state index in [1.54, 1.807) is 28.9 Å². The molecule has 4 unspecified atom stereocenters. The van der Waals surface area contributed by atoms with Crippen molar-refractivity contribution in [2.75, 3.05) is 37.5 Å². The summed E-state index contributed by atoms with van der Waals surface area (Å²) >= 11 is 0. The number of benzene rings is 3. The molecule has 3 aromatic carbocycles. The maximum Gasteiger partial charge on any atom is 0.412 e. The Morgan fingerprint density at radius 2 is 1.64 bits per heavy atom. The fourth-order valence-corrected chi connectivity index (χ4v) is 4.79. The van der Waals surface area contributed by atoms with Gasteiger partial charge in [0.05, 0.1) is 13.2 Å². The van der Waals surface area contributed by atoms with Crippen molar-refractivity contribution in [3.8, 4) is 22.9 Å². The van der Waals surface area contributed by atoms with Gasteiger partial charge in [-0.3, -0.25) is 5.32 Å². The molecule has 2 saturated heterocycles. The first-order valence-corrected chi connectivity index (χ1v) is 12.6. The number of carbonyl (C=O) groups is 1. The van der Waals surface area contributed by atoms with Crippen molar-refractivity contribution in [3.05, 3.63) is 78.9 Å². The van der Waals surface area contributed by atoms with E-state index in [1.807, 2.05) is 73.6 Å². The Labute approximate surface area is 225 Å². The second-order valence-corrected chi connectivity index (χ2v) is 9.56. The summed E-state index contributed by atoms with van der Waals surface area (Å²) in [4.78, 5) is 14.7. The van der Waals surface area contributed by atoms with E-state index in [4.69, 9.17) is 18.9 Å². The second-order valence-electron chi connectivity index (χ2n) is 9.56. The Morgan fingerprint density at radius 3 is 2.38 bits per heavy atom. The van der Waals surface area contributed by atoms with Gasteiger partial charge in [0.2, 0.25) is 0 Å². The van der Waals surface area contributed by atoms with Crippen molar-refractivity contribution in [2.45, 2.75) is 24.4 Å². The number of tetrazole rings is 1. The number of rotatable bonds is 7. The van der Waals surface area contributed by atoms with Gasteiger partial charge in [0.1, 0.15) is 29.7 Å². The van der Waals surface area contributed by atoms with Gasteiger partial charge in [-0.1, -0.05) is 18.2 Å². The van der Waals surface area contributed by atoms with E-state index in [9.17, 15) is 4.79 Å². The molecule has 200 valence electrons. The van der Waals surface area contributed by atoms with Crippen molar-refractivity contribution in [1.29, 1.82) is 0 Å². The Hall–Kier alpha value is -4.48. The zero-order chi connectivity index (χ0) is 26.8. The van der Waals surface area contributed by atoms with Crippen LogP contribution in [-0.2, 0) is 14.2 Å². The summed E-state index contributed by atoms with van der Waals surface area (Å²) in [6.45, 7) is 0.561. The van der Waals surface area contributed by atoms with Gasteiger partial charge in [-0.15, -0.1) is 5.10 Å². The van der Waals surface area contributed by atoms with Crippen LogP contribution in [0, 0.1) is 0 Å². The number of hydrogen-bond acceptors (Lipinski definition) is 9. The highest BCUT2D eigenvalue weighted by atomic mass is 16.6. The number of carbonyl (C=O) groups excluding carboxylic acids is 1. The third kappa shape index (κ3) is 5.27. The first-order valence-electron chi connectivity index (χ1n) is 12.6. The van der Waals surface area contributed by atoms with Crippen LogP contribution >= 0.6 is 0 Å². The van der Waals surface area contributed by atoms with Gasteiger partial charge in [-0.25, -0.2) is 9.48 Å². The fourth-order valence-electron chi connectivity index (χ4n) is 4.79. The van der Waals surface area contributed by atoms with E-state index in [1.165, 1.54) is 0 Å². The molecule has 11 heteroatoms. The zero-order valence-electron chi connectivity index (χ0n) is 21.5. The Balaban J connectivity index is 1.06. The topological polar surface area (TPSA) is 113 Å². The number of amides is 1. The molecular weight excluding hydrogens is 500 g/mol. The third-order valence-corrected chi connectivity index (χ3v) is 6.77. The lowest BCUT2D eigenvalue weighted by Crippen LogP contribution is -2.35. The van der Waals surface area contributed by atoms with Crippen LogP contribution in [0.4, 0.5) is 16.2 Å². The van der Waals surface area contributed by atoms with Crippen LogP contribution in [-0.4, -0.2) is 71.9 Å². The van der Waals surface area contributed by atoms with E-state index >= 15 is 0 Å². The number of anilines is 2. The molecule has 2 fully saturated rings. The minimum atomic E-state index is -0.586. The number of nitrogens with one attached hydrogen (secondary N) is 1. The average molecular weight is 529 g/mol. The number of hydrogen-bond donors (Lipinski definition) is 1. The lowest BCUT2D eigenvalue weighted by atomic mass is 10.1. The Kier molecular flexibility index (Phi) is 6.82. The predicted octanol–water partition coefficient (Wildman–Crippen LogP) is 4.15. The summed E-state index contributed by atoms with van der Waals surface area (Å²) in [5.41, 5.74) is 2.55. The number of ether oxygens (including phenoxy) is 4. The summed E-state index contributed by atoms with van der Waals surface area (Å²) in [6.07, 6.45) is -1.91. The molecule has 6 rings (SSSR count). The molecule has 4 aromatic rings. The molecule has 1 N–H and O–H groups in total. The smallest absolute Gasteiger partial charge is 0.412 e. The number of para-hydroxylation sites is 1. The molecule has 39 heavy (non-hydrogen) atoms. The van der Waals surface area contributed by atoms with Crippen LogP contribution in [0.15, 0.2) is 78.9 Å². The molecule has 0 aliphatic carbocycles. The summed E-state index contributed by atoms with van der Waals surface area (Å²) in [5.74, 6) is 2.02. The number of aromatic nitrogens is 4. The average Bonchev–Trinajstić information content (AvgIpc) is 3.68. The molecular formula is C28H28N6O5. The van der Waals surface area contributed by atoms with E-state index in [0.717, 1.165) is 17.0 Å². The van der Waals surface area contributed by atoms with Crippen molar-refractivity contribution < 1.29 is 23.7 Å². The van der Waals surface area contributed by atoms with Crippen LogP contribution in [0.25, 0.3) is 11.4 Å². The summed E-state index contributed by atoms with van der Waals surface area (Å²) in [6, 6.07) is 24.3. The Morgan fingerprint density at radius 1 is 0.923 bits per heavy atom. The lowest BCUT2D eigenvalue weighted by Gasteiger charge is -2.18. The van der Waals surface area contributed by atoms with E-state index in [-0.39, 0.29) is 18.8 Å². The maximum absolute atomic E-state index is 12.6. The highest BCUT2D eigenvalue weighted by molar-refractivity contribution is 5.84. The lowest BCUT2D eigenvalue weighted by molar-refractivity contribution is 0.00774. The molecule has 0 bridgehead atoms. The standard InChI is InChI=1S/C28H28N6O5/c1-33(2)20-12-8-18(9-13-20)27-30-31-32-34(27)23-16-36-26-24(17-37-25(23)26)39-28(35)29-19-10-14-22(15-11-19)38-21-6-4-3-5-7-21/h3-15,23-26H,16-17H2,1-2H3,(H,29,35). The zero-order valence-corrected chi connectivity index (χ0v) is 21.5. The number of fused-ring (bicyclic) bond motifs is 1. The monoisotopic (exact) mass is 528 g/mol. The third-order valence-electron chi connectivity index (χ3n) is 6.77. The first kappa shape index (κ1) is 24.8. The summed E-state index contributed by atoms with van der Waals surface area (Å²) < 4.78 is 25.2. The molecule has 3 heterocycles. The van der Waals surface area contributed by atoms with Crippen LogP contribution in [0.1, 0.15) is 6.04 Å². The molecule has 1 aromatic heterocycles. The predicted molar refractivity (Wildman–Crippen MR) is 143 cm³/mol. The molecule has 0 saturated carbocycles. The fraction of sp³-hybridized carbons (Fsp3) is 0.286. The van der Waals surface area contributed by atoms with Crippen molar-refractivity contribution in [1.82, 2.24) is 20.2 Å². The largest absolute Gasteiger partial charge is 0.457 e. The Bertz CT molecular complexity index is 1410. The quantitative estimate of drug-likeness (QED) is 0.378. The van der Waals surface area contributed by atoms with Gasteiger partial charge in [0.25, 0.3) is 0 Å². The SMILES string of the molecule is CN(C)c1ccc(-c2nnnn2C2COC3C(OC(=O)Nc4ccc(Oc5ccccc5)cc4)COC32)cc1. The minimum Gasteiger partial charge on any atom is -0.457 e. The highest BCUT2D eigenvalue weighted by Gasteiger charge is 2.51. The van der Waals surface area contributed by atoms with Gasteiger partial charge in [-0.05, 0) is 71.1 Å². The maximum atomic E-state index is 12.6. The highest BCUT2D eigenvalue weighted by Crippen LogP contribution is 2.37. The van der Waals surface area contributed by atoms with E-state index in [2.05, 4.69) is 20.8 Å². The van der Waals surface area contributed by atoms with Gasteiger partial charge < -0.3 is 23.8 Å². The van der Waals surface area contributed by atoms with Crippen LogP contribution < -0.4 is 15.0 Å². The van der Waals surface area contributed by atoms with Crippen LogP contribution in [0.2, 0.25) is 0 Å². The van der Waals surface area contributed by atoms with Gasteiger partial charge in [0, 0.05) is 31.0 Å². The molecule has 1 amide bonds. The number of nitrogens with zero attached hydrogens (tertiary/aromatic N) is 5. The molecule has 2 aliphatic heterocycles. The van der Waals surface area contributed by atoms with Crippen molar-refractivity contribution in [3.63, 3.8) is 0 Å². The summed E-state index contributed by atoms with van der Waals surface area (Å²) in [7, 11) is 3.98. The van der Waals surface area contributed by atoms with Gasteiger partial charge in [0.15, 0.2) is 11.9 Å². The second kappa shape index (κ2) is 10.7. The van der Waals surface area contributed by atoms with Crippen molar-refractivity contribution in [2.24, 2.45) is 0 Å². The van der Waals surface area contributed by atoms with E-state index in [0.29, 0.717) is 23.9 Å². The molecule has 2 aliphatic rings. The molecule has 11 nitrogen and oxygen atoms in total.